The van der Waals surface area contributed by atoms with Crippen LogP contribution in [0.15, 0.2) is 46.2 Å². The van der Waals surface area contributed by atoms with Crippen molar-refractivity contribution in [1.82, 2.24) is 25.2 Å². The minimum Gasteiger partial charge on any atom is -0.350 e. The fourth-order valence-corrected chi connectivity index (χ4v) is 8.07. The lowest BCUT2D eigenvalue weighted by molar-refractivity contribution is -0.124. The van der Waals surface area contributed by atoms with Crippen molar-refractivity contribution in [3.8, 4) is 0 Å². The Bertz CT molecular complexity index is 1810. The summed E-state index contributed by atoms with van der Waals surface area (Å²) in [5.74, 6) is 2.13. The number of benzene rings is 2. The van der Waals surface area contributed by atoms with Crippen LogP contribution in [0.2, 0.25) is 10.0 Å². The Balaban J connectivity index is 1.33. The number of nitrogens with zero attached hydrogens (tertiary/aromatic N) is 4. The Hall–Kier alpha value is -3.83. The number of rotatable bonds is 7. The van der Waals surface area contributed by atoms with Crippen LogP contribution < -0.4 is 27.0 Å². The summed E-state index contributed by atoms with van der Waals surface area (Å²) in [6.45, 7) is 11.5. The fraction of sp³-hybridized carbons (Fsp3) is 0.500. The zero-order valence-electron chi connectivity index (χ0n) is 27.4. The van der Waals surface area contributed by atoms with Crippen LogP contribution in [0.5, 0.6) is 0 Å². The zero-order valence-corrected chi connectivity index (χ0v) is 28.9. The maximum Gasteiger partial charge on any atom is 0.262 e. The first-order chi connectivity index (χ1) is 22.3. The van der Waals surface area contributed by atoms with Gasteiger partial charge in [-0.3, -0.25) is 29.8 Å². The van der Waals surface area contributed by atoms with E-state index in [9.17, 15) is 14.4 Å². The van der Waals surface area contributed by atoms with Gasteiger partial charge in [0.05, 0.1) is 23.5 Å². The summed E-state index contributed by atoms with van der Waals surface area (Å²) in [5.41, 5.74) is 7.35. The highest BCUT2D eigenvalue weighted by Crippen LogP contribution is 2.61. The third-order valence-electron chi connectivity index (χ3n) is 10.3. The van der Waals surface area contributed by atoms with E-state index >= 15 is 0 Å². The normalized spacial score (nSPS) is 25.2. The Morgan fingerprint density at radius 2 is 1.91 bits per heavy atom. The number of hydrogen-bond donors (Lipinski definition) is 4. The first-order valence-electron chi connectivity index (χ1n) is 16.2. The summed E-state index contributed by atoms with van der Waals surface area (Å²) in [7, 11) is 0. The van der Waals surface area contributed by atoms with Crippen LogP contribution in [-0.4, -0.2) is 57.4 Å². The number of hydrogen-bond acceptors (Lipinski definition) is 6. The fourth-order valence-electron chi connectivity index (χ4n) is 7.57. The summed E-state index contributed by atoms with van der Waals surface area (Å²) in [5, 5.41) is 7.94. The van der Waals surface area contributed by atoms with Crippen LogP contribution in [0.3, 0.4) is 0 Å². The molecule has 4 aliphatic rings. The number of piperazine rings is 1. The molecule has 11 nitrogen and oxygen atoms in total. The largest absolute Gasteiger partial charge is 0.350 e. The summed E-state index contributed by atoms with van der Waals surface area (Å²) >= 11 is 12.5. The molecule has 250 valence electrons. The number of aryl methyl sites for hydroxylation is 1. The van der Waals surface area contributed by atoms with Crippen LogP contribution >= 0.6 is 23.2 Å². The molecule has 3 aromatic rings. The molecule has 3 saturated carbocycles. The molecule has 5 atom stereocenters. The van der Waals surface area contributed by atoms with Crippen molar-refractivity contribution in [2.75, 3.05) is 23.8 Å². The second-order valence-corrected chi connectivity index (χ2v) is 14.7. The van der Waals surface area contributed by atoms with Crippen molar-refractivity contribution < 1.29 is 9.59 Å². The van der Waals surface area contributed by atoms with Gasteiger partial charge in [0.15, 0.2) is 5.96 Å². The lowest BCUT2D eigenvalue weighted by Gasteiger charge is -2.61. The van der Waals surface area contributed by atoms with Crippen molar-refractivity contribution in [2.24, 2.45) is 28.2 Å². The molecule has 0 radical (unpaired) electrons. The highest BCUT2D eigenvalue weighted by atomic mass is 35.5. The van der Waals surface area contributed by atoms with E-state index in [2.05, 4.69) is 42.3 Å². The maximum absolute atomic E-state index is 13.8. The molecule has 4 fully saturated rings. The molecule has 1 aromatic heterocycles. The Labute approximate surface area is 284 Å². The van der Waals surface area contributed by atoms with Gasteiger partial charge in [-0.25, -0.2) is 9.98 Å². The number of fused-ring (bicyclic) bond motifs is 3. The van der Waals surface area contributed by atoms with E-state index < -0.39 is 0 Å². The molecule has 1 aliphatic heterocycles. The molecule has 1 saturated heterocycles. The molecule has 47 heavy (non-hydrogen) atoms. The van der Waals surface area contributed by atoms with E-state index in [1.807, 2.05) is 24.0 Å². The topological polar surface area (TPSA) is 133 Å². The number of aliphatic imine (C=N–C) groups is 1. The third kappa shape index (κ3) is 6.78. The second kappa shape index (κ2) is 13.0. The molecule has 7 rings (SSSR count). The van der Waals surface area contributed by atoms with E-state index in [0.717, 1.165) is 12.0 Å². The number of amides is 2. The van der Waals surface area contributed by atoms with E-state index in [-0.39, 0.29) is 48.5 Å². The van der Waals surface area contributed by atoms with Crippen molar-refractivity contribution in [2.45, 2.75) is 72.5 Å². The quantitative estimate of drug-likeness (QED) is 0.156. The highest BCUT2D eigenvalue weighted by molar-refractivity contribution is 6.35. The van der Waals surface area contributed by atoms with Gasteiger partial charge >= 0.3 is 0 Å². The van der Waals surface area contributed by atoms with Crippen LogP contribution in [0.1, 0.15) is 53.0 Å². The monoisotopic (exact) mass is 680 g/mol. The SMILES string of the molecule is CC(=O)NNc1nc2cc(NC(=N[C@H]3C[C@H]4C[C@H]([C@H]3C)C4(C)C)N3CC(=O)N[C@@H](C)C3)ccc2c(=O)n1CCc1ccc(Cl)cc1Cl. The predicted molar refractivity (Wildman–Crippen MR) is 187 cm³/mol. The smallest absolute Gasteiger partial charge is 0.262 e. The van der Waals surface area contributed by atoms with Gasteiger partial charge in [-0.15, -0.1) is 0 Å². The van der Waals surface area contributed by atoms with Gasteiger partial charge in [0.25, 0.3) is 5.56 Å². The van der Waals surface area contributed by atoms with E-state index in [1.54, 1.807) is 24.3 Å². The van der Waals surface area contributed by atoms with Gasteiger partial charge in [-0.2, -0.15) is 0 Å². The Morgan fingerprint density at radius 1 is 1.13 bits per heavy atom. The van der Waals surface area contributed by atoms with Crippen LogP contribution in [0.4, 0.5) is 11.6 Å². The van der Waals surface area contributed by atoms with Gasteiger partial charge in [0.1, 0.15) is 0 Å². The standard InChI is InChI=1S/C34H42Cl2N8O3/c1-18-16-43(17-30(46)37-18)32(39-28-13-22-12-26(19(28)2)34(22,4)5)38-24-8-9-25-29(15-24)40-33(42-41-20(3)45)44(31(25)47)11-10-21-6-7-23(35)14-27(21)36/h6-9,14-15,18-19,22,26,28H,10-13,16-17H2,1-5H3,(H,37,46)(H,38,39)(H,40,42)(H,41,45)/t18-,19+,22+,26+,28-/m0/s1. The number of nitrogens with one attached hydrogen (secondary N) is 4. The molecule has 2 bridgehead atoms. The highest BCUT2D eigenvalue weighted by Gasteiger charge is 2.56. The zero-order chi connectivity index (χ0) is 33.6. The second-order valence-electron chi connectivity index (χ2n) is 13.9. The minimum atomic E-state index is -0.333. The van der Waals surface area contributed by atoms with Gasteiger partial charge in [-0.05, 0) is 85.3 Å². The van der Waals surface area contributed by atoms with Crippen molar-refractivity contribution in [1.29, 1.82) is 0 Å². The molecule has 4 N–H and O–H groups in total. The Morgan fingerprint density at radius 3 is 2.60 bits per heavy atom. The van der Waals surface area contributed by atoms with E-state index in [1.165, 1.54) is 17.9 Å². The average molecular weight is 682 g/mol. The number of halogens is 2. The van der Waals surface area contributed by atoms with Gasteiger partial charge < -0.3 is 15.5 Å². The lowest BCUT2D eigenvalue weighted by atomic mass is 9.45. The van der Waals surface area contributed by atoms with Crippen LogP contribution in [0.25, 0.3) is 10.9 Å². The molecule has 2 aromatic carbocycles. The first kappa shape index (κ1) is 33.1. The third-order valence-corrected chi connectivity index (χ3v) is 10.9. The summed E-state index contributed by atoms with van der Waals surface area (Å²) < 4.78 is 1.48. The van der Waals surface area contributed by atoms with E-state index in [4.69, 9.17) is 33.2 Å². The minimum absolute atomic E-state index is 0.0266. The number of carbonyl (C=O) groups is 2. The molecular formula is C34H42Cl2N8O3. The summed E-state index contributed by atoms with van der Waals surface area (Å²) in [4.78, 5) is 50.2. The average Bonchev–Trinajstić information content (AvgIpc) is 3.00. The maximum atomic E-state index is 13.8. The van der Waals surface area contributed by atoms with Crippen LogP contribution in [0, 0.1) is 23.2 Å². The van der Waals surface area contributed by atoms with E-state index in [0.29, 0.717) is 68.7 Å². The van der Waals surface area contributed by atoms with Crippen molar-refractivity contribution in [3.63, 3.8) is 0 Å². The van der Waals surface area contributed by atoms with Crippen molar-refractivity contribution >= 4 is 63.5 Å². The molecular weight excluding hydrogens is 639 g/mol. The number of guanidine groups is 1. The molecule has 13 heteroatoms. The number of hydrazine groups is 1. The first-order valence-corrected chi connectivity index (χ1v) is 17.0. The number of anilines is 2. The van der Waals surface area contributed by atoms with Crippen LogP contribution in [-0.2, 0) is 22.6 Å². The van der Waals surface area contributed by atoms with Gasteiger partial charge in [0, 0.05) is 41.8 Å². The van der Waals surface area contributed by atoms with Gasteiger partial charge in [0.2, 0.25) is 17.8 Å². The number of aromatic nitrogens is 2. The molecule has 3 aliphatic carbocycles. The van der Waals surface area contributed by atoms with Crippen molar-refractivity contribution in [3.05, 3.63) is 62.4 Å². The molecule has 2 amide bonds. The van der Waals surface area contributed by atoms with Gasteiger partial charge in [-0.1, -0.05) is 50.0 Å². The molecule has 0 unspecified atom stereocenters. The predicted octanol–water partition coefficient (Wildman–Crippen LogP) is 5.07. The summed E-state index contributed by atoms with van der Waals surface area (Å²) in [6.07, 6.45) is 2.71. The Kier molecular flexibility index (Phi) is 9.15. The number of carbonyl (C=O) groups excluding carboxylic acids is 2. The molecule has 2 heterocycles. The molecule has 0 spiro atoms. The lowest BCUT2D eigenvalue weighted by Crippen LogP contribution is -2.58. The summed E-state index contributed by atoms with van der Waals surface area (Å²) in [6, 6.07) is 10.7.